The fourth-order valence-corrected chi connectivity index (χ4v) is 7.80. The molecule has 25 heteroatoms. The molecule has 0 unspecified atom stereocenters. The highest BCUT2D eigenvalue weighted by Gasteiger charge is 2.34. The number of hydrogen-bond acceptors (Lipinski definition) is 11. The largest absolute Gasteiger partial charge is 0.370 e. The smallest absolute Gasteiger partial charge is 0.243 e. The number of carbonyl (C=O) groups is 9. The molecular formula is C47H68N16O9. The maximum absolute atomic E-state index is 14.4. The first kappa shape index (κ1) is 56.3. The standard InChI is InChI=1S/C47H68N16O9/c1-26-40(67)61-35(22-28-12-4-3-5-13-28)44(71)60-34(18-11-21-55-47(51)52)42(69)62-36(23-29-25-56-31-15-7-6-14-30(29)31)45(72)59-32(39(48)66)16-8-9-19-53-38(65)24-37(43(70)57-26)63-41(68)33(58-27(2)64)17-10-20-54-46(49)50/h3-7,12-15,25-26,32-37,56H,8-11,16-24H2,1-2H3,(H2,48,66)(H,53,65)(H,57,70)(H,58,64)(H,59,72)(H,60,71)(H,61,67)(H,62,69)(H,63,68)(H4,49,50,54)(H4,51,52,55)/t26-,32-,33+,34-,35+,36-,37-/m0/s1. The average molecular weight is 1000 g/mol. The van der Waals surface area contributed by atoms with E-state index in [2.05, 4.69) is 57.5 Å². The lowest BCUT2D eigenvalue weighted by Crippen LogP contribution is -2.60. The van der Waals surface area contributed by atoms with Gasteiger partial charge in [-0.25, -0.2) is 0 Å². The fraction of sp³-hybridized carbons (Fsp3) is 0.468. The number of hydrogen-bond donors (Lipinski definition) is 14. The van der Waals surface area contributed by atoms with Crippen LogP contribution in [0.25, 0.3) is 10.9 Å². The van der Waals surface area contributed by atoms with Crippen molar-refractivity contribution in [3.05, 3.63) is 71.9 Å². The summed E-state index contributed by atoms with van der Waals surface area (Å²) >= 11 is 0. The van der Waals surface area contributed by atoms with Crippen molar-refractivity contribution in [1.29, 1.82) is 0 Å². The third-order valence-electron chi connectivity index (χ3n) is 11.5. The molecule has 4 rings (SSSR count). The summed E-state index contributed by atoms with van der Waals surface area (Å²) in [6.07, 6.45) is 1.92. The van der Waals surface area contributed by atoms with Gasteiger partial charge in [0.1, 0.15) is 42.3 Å². The van der Waals surface area contributed by atoms with Gasteiger partial charge in [-0.15, -0.1) is 0 Å². The van der Waals surface area contributed by atoms with E-state index in [1.807, 2.05) is 24.3 Å². The van der Waals surface area contributed by atoms with Crippen molar-refractivity contribution in [1.82, 2.24) is 47.5 Å². The summed E-state index contributed by atoms with van der Waals surface area (Å²) in [5.41, 5.74) is 29.7. The van der Waals surface area contributed by atoms with Crippen LogP contribution in [0.3, 0.4) is 0 Å². The minimum atomic E-state index is -1.59. The van der Waals surface area contributed by atoms with E-state index < -0.39 is 102 Å². The summed E-state index contributed by atoms with van der Waals surface area (Å²) in [4.78, 5) is 134. The molecule has 1 saturated heterocycles. The molecule has 2 aromatic carbocycles. The van der Waals surface area contributed by atoms with E-state index in [0.717, 1.165) is 10.9 Å². The Labute approximate surface area is 416 Å². The van der Waals surface area contributed by atoms with Gasteiger partial charge in [0.15, 0.2) is 11.9 Å². The molecule has 3 aromatic rings. The van der Waals surface area contributed by atoms with E-state index in [0.29, 0.717) is 11.1 Å². The number of guanidine groups is 2. The molecule has 1 aliphatic rings. The maximum Gasteiger partial charge on any atom is 0.243 e. The Bertz CT molecular complexity index is 2440. The number of benzene rings is 2. The average Bonchev–Trinajstić information content (AvgIpc) is 3.74. The predicted octanol–water partition coefficient (Wildman–Crippen LogP) is -3.33. The lowest BCUT2D eigenvalue weighted by Gasteiger charge is -2.27. The van der Waals surface area contributed by atoms with Crippen LogP contribution in [0.1, 0.15) is 76.3 Å². The summed E-state index contributed by atoms with van der Waals surface area (Å²) in [5.74, 6) is -7.46. The highest BCUT2D eigenvalue weighted by molar-refractivity contribution is 5.99. The molecule has 19 N–H and O–H groups in total. The van der Waals surface area contributed by atoms with Crippen molar-refractivity contribution >= 4 is 76.0 Å². The van der Waals surface area contributed by atoms with E-state index in [9.17, 15) is 43.2 Å². The van der Waals surface area contributed by atoms with Gasteiger partial charge in [0.2, 0.25) is 53.2 Å². The fourth-order valence-electron chi connectivity index (χ4n) is 7.80. The number of H-pyrrole nitrogens is 1. The first-order valence-corrected chi connectivity index (χ1v) is 23.7. The van der Waals surface area contributed by atoms with Crippen molar-refractivity contribution < 1.29 is 43.2 Å². The van der Waals surface area contributed by atoms with Crippen molar-refractivity contribution in [3.8, 4) is 0 Å². The third kappa shape index (κ3) is 18.9. The second-order valence-electron chi connectivity index (χ2n) is 17.4. The van der Waals surface area contributed by atoms with Gasteiger partial charge >= 0.3 is 0 Å². The molecule has 0 spiro atoms. The van der Waals surface area contributed by atoms with Crippen LogP contribution in [0.15, 0.2) is 70.8 Å². The van der Waals surface area contributed by atoms with Crippen LogP contribution < -0.4 is 71.2 Å². The van der Waals surface area contributed by atoms with Gasteiger partial charge in [-0.2, -0.15) is 0 Å². The number of nitrogens with one attached hydrogen (secondary N) is 9. The number of aliphatic imine (C=N–C) groups is 2. The molecular weight excluding hydrogens is 933 g/mol. The van der Waals surface area contributed by atoms with E-state index >= 15 is 0 Å². The zero-order valence-electron chi connectivity index (χ0n) is 40.5. The highest BCUT2D eigenvalue weighted by Crippen LogP contribution is 2.20. The van der Waals surface area contributed by atoms with Crippen LogP contribution in [-0.4, -0.2) is 132 Å². The Balaban J connectivity index is 1.71. The second kappa shape index (κ2) is 28.4. The lowest BCUT2D eigenvalue weighted by molar-refractivity contribution is -0.136. The van der Waals surface area contributed by atoms with Gasteiger partial charge < -0.3 is 76.2 Å². The van der Waals surface area contributed by atoms with Gasteiger partial charge in [-0.05, 0) is 69.1 Å². The number of nitrogens with two attached hydrogens (primary N) is 5. The number of aromatic nitrogens is 1. The molecule has 7 atom stereocenters. The van der Waals surface area contributed by atoms with Crippen LogP contribution >= 0.6 is 0 Å². The molecule has 1 aliphatic heterocycles. The normalized spacial score (nSPS) is 21.5. The third-order valence-corrected chi connectivity index (χ3v) is 11.5. The Kier molecular flexibility index (Phi) is 22.2. The Morgan fingerprint density at radius 3 is 2.00 bits per heavy atom. The maximum atomic E-state index is 14.4. The van der Waals surface area contributed by atoms with Crippen molar-refractivity contribution in [2.45, 2.75) is 120 Å². The van der Waals surface area contributed by atoms with Crippen molar-refractivity contribution in [2.75, 3.05) is 19.6 Å². The van der Waals surface area contributed by atoms with Crippen LogP contribution in [0.2, 0.25) is 0 Å². The Morgan fingerprint density at radius 1 is 0.708 bits per heavy atom. The zero-order valence-corrected chi connectivity index (χ0v) is 40.5. The number of primary amides is 1. The van der Waals surface area contributed by atoms with Gasteiger partial charge in [0.25, 0.3) is 0 Å². The van der Waals surface area contributed by atoms with E-state index in [4.69, 9.17) is 28.7 Å². The SMILES string of the molecule is CC(=O)N[C@H](CCCN=C(N)N)C(=O)N[C@H]1CC(=O)NCCCC[C@@H](C(N)=O)NC(=O)[C@H](Cc2c[nH]c3ccccc23)NC(=O)[C@H](CCCN=C(N)N)NC(=O)[C@@H](Cc2ccccc2)NC(=O)[C@H](C)NC1=O. The molecule has 0 bridgehead atoms. The zero-order chi connectivity index (χ0) is 52.7. The van der Waals surface area contributed by atoms with Gasteiger partial charge in [-0.3, -0.25) is 53.1 Å². The molecule has 9 amide bonds. The lowest BCUT2D eigenvalue weighted by atomic mass is 10.0. The monoisotopic (exact) mass is 1000 g/mol. The molecule has 390 valence electrons. The molecule has 2 heterocycles. The van der Waals surface area contributed by atoms with E-state index in [-0.39, 0.29) is 89.3 Å². The van der Waals surface area contributed by atoms with Crippen LogP contribution in [0, 0.1) is 0 Å². The summed E-state index contributed by atoms with van der Waals surface area (Å²) in [7, 11) is 0. The highest BCUT2D eigenvalue weighted by atomic mass is 16.2. The molecule has 1 aromatic heterocycles. The number of rotatable bonds is 16. The minimum absolute atomic E-state index is 0.0324. The second-order valence-corrected chi connectivity index (χ2v) is 17.4. The number of amides is 9. The first-order valence-electron chi connectivity index (χ1n) is 23.7. The van der Waals surface area contributed by atoms with E-state index in [1.165, 1.54) is 13.8 Å². The summed E-state index contributed by atoms with van der Waals surface area (Å²) in [6, 6.07) is 6.59. The van der Waals surface area contributed by atoms with Gasteiger partial charge in [0, 0.05) is 56.5 Å². The predicted molar refractivity (Wildman–Crippen MR) is 268 cm³/mol. The quantitative estimate of drug-likeness (QED) is 0.0380. The minimum Gasteiger partial charge on any atom is -0.370 e. The van der Waals surface area contributed by atoms with Crippen LogP contribution in [0.5, 0.6) is 0 Å². The number of aromatic amines is 1. The molecule has 0 radical (unpaired) electrons. The number of carbonyl (C=O) groups excluding carboxylic acids is 9. The molecule has 72 heavy (non-hydrogen) atoms. The number of nitrogens with zero attached hydrogens (tertiary/aromatic N) is 2. The van der Waals surface area contributed by atoms with Crippen molar-refractivity contribution in [2.24, 2.45) is 38.7 Å². The Hall–Kier alpha value is -8.25. The molecule has 0 aliphatic carbocycles. The Morgan fingerprint density at radius 2 is 1.32 bits per heavy atom. The molecule has 0 saturated carbocycles. The molecule has 25 nitrogen and oxygen atoms in total. The van der Waals surface area contributed by atoms with Crippen molar-refractivity contribution in [3.63, 3.8) is 0 Å². The first-order chi connectivity index (χ1) is 34.3. The topological polar surface area (TPSA) is 420 Å². The van der Waals surface area contributed by atoms with E-state index in [1.54, 1.807) is 36.5 Å². The number of para-hydroxylation sites is 1. The summed E-state index contributed by atoms with van der Waals surface area (Å²) < 4.78 is 0. The molecule has 1 fully saturated rings. The summed E-state index contributed by atoms with van der Waals surface area (Å²) in [6.45, 7) is 2.75. The summed E-state index contributed by atoms with van der Waals surface area (Å²) in [5, 5.41) is 21.8. The van der Waals surface area contributed by atoms with Crippen LogP contribution in [-0.2, 0) is 56.0 Å². The van der Waals surface area contributed by atoms with Gasteiger partial charge in [0.05, 0.1) is 6.42 Å². The van der Waals surface area contributed by atoms with Gasteiger partial charge in [-0.1, -0.05) is 48.5 Å². The number of fused-ring (bicyclic) bond motifs is 1. The van der Waals surface area contributed by atoms with Crippen LogP contribution in [0.4, 0.5) is 0 Å².